The summed E-state index contributed by atoms with van der Waals surface area (Å²) in [5.74, 6) is 2.71. The average molecular weight is 525 g/mol. The minimum absolute atomic E-state index is 0.162. The Labute approximate surface area is 224 Å². The monoisotopic (exact) mass is 524 g/mol. The third-order valence-corrected chi connectivity index (χ3v) is 7.63. The highest BCUT2D eigenvalue weighted by atomic mass is 16.7. The van der Waals surface area contributed by atoms with E-state index in [0.29, 0.717) is 41.5 Å². The molecule has 0 amide bonds. The molecule has 2 aromatic carbocycles. The molecule has 1 fully saturated rings. The SMILES string of the molecule is O=c1[nH]c2cc3c(cc2cc1[C@H](c1nnnn1C1CCCC1)N(Cc1ccccc1)Cc1ccco1)OCO3. The van der Waals surface area contributed by atoms with Gasteiger partial charge < -0.3 is 18.9 Å². The molecule has 10 heteroatoms. The van der Waals surface area contributed by atoms with Crippen molar-refractivity contribution in [3.8, 4) is 11.5 Å². The number of furan rings is 1. The van der Waals surface area contributed by atoms with Crippen molar-refractivity contribution in [1.29, 1.82) is 0 Å². The number of nitrogens with one attached hydrogen (secondary N) is 1. The van der Waals surface area contributed by atoms with E-state index < -0.39 is 6.04 Å². The van der Waals surface area contributed by atoms with Crippen molar-refractivity contribution in [2.75, 3.05) is 6.79 Å². The van der Waals surface area contributed by atoms with E-state index in [1.165, 1.54) is 0 Å². The second kappa shape index (κ2) is 10.0. The number of rotatable bonds is 8. The van der Waals surface area contributed by atoms with Gasteiger partial charge in [-0.15, -0.1) is 5.10 Å². The highest BCUT2D eigenvalue weighted by molar-refractivity contribution is 5.83. The highest BCUT2D eigenvalue weighted by Gasteiger charge is 2.34. The minimum atomic E-state index is -0.538. The van der Waals surface area contributed by atoms with Crippen molar-refractivity contribution < 1.29 is 13.9 Å². The number of fused-ring (bicyclic) bond motifs is 2. The van der Waals surface area contributed by atoms with Gasteiger partial charge in [0.05, 0.1) is 24.4 Å². The van der Waals surface area contributed by atoms with E-state index in [1.807, 2.05) is 53.2 Å². The zero-order chi connectivity index (χ0) is 26.2. The second-order valence-electron chi connectivity index (χ2n) is 10.1. The van der Waals surface area contributed by atoms with Crippen LogP contribution in [0.2, 0.25) is 0 Å². The summed E-state index contributed by atoms with van der Waals surface area (Å²) in [7, 11) is 0. The van der Waals surface area contributed by atoms with Gasteiger partial charge in [0.1, 0.15) is 11.8 Å². The first-order chi connectivity index (χ1) is 19.2. The lowest BCUT2D eigenvalue weighted by molar-refractivity contribution is 0.174. The molecule has 1 saturated carbocycles. The number of aromatic amines is 1. The number of tetrazole rings is 1. The predicted octanol–water partition coefficient (Wildman–Crippen LogP) is 4.74. The standard InChI is InChI=1S/C29H28N6O4/c36-29-23(13-20-14-25-26(39-18-38-25)15-24(20)30-29)27(28-31-32-33-35(28)21-9-4-5-10-21)34(17-22-11-6-12-37-22)16-19-7-2-1-3-8-19/h1-3,6-8,11-15,21,27H,4-5,9-10,16-18H2,(H,30,36)/t27-/m1/s1. The van der Waals surface area contributed by atoms with Crippen LogP contribution >= 0.6 is 0 Å². The molecular weight excluding hydrogens is 496 g/mol. The van der Waals surface area contributed by atoms with Crippen LogP contribution in [0.4, 0.5) is 0 Å². The maximum atomic E-state index is 13.8. The summed E-state index contributed by atoms with van der Waals surface area (Å²) < 4.78 is 18.8. The number of pyridine rings is 1. The van der Waals surface area contributed by atoms with Crippen LogP contribution in [0.5, 0.6) is 11.5 Å². The molecule has 0 bridgehead atoms. The lowest BCUT2D eigenvalue weighted by Gasteiger charge is -2.31. The maximum Gasteiger partial charge on any atom is 0.253 e. The van der Waals surface area contributed by atoms with Gasteiger partial charge >= 0.3 is 0 Å². The molecule has 4 heterocycles. The van der Waals surface area contributed by atoms with E-state index >= 15 is 0 Å². The Morgan fingerprint density at radius 1 is 1.00 bits per heavy atom. The van der Waals surface area contributed by atoms with Gasteiger partial charge in [-0.2, -0.15) is 0 Å². The number of hydrogen-bond acceptors (Lipinski definition) is 8. The van der Waals surface area contributed by atoms with Gasteiger partial charge in [0.2, 0.25) is 6.79 Å². The molecule has 1 N–H and O–H groups in total. The number of aromatic nitrogens is 5. The molecule has 1 aliphatic heterocycles. The maximum absolute atomic E-state index is 13.8. The predicted molar refractivity (Wildman–Crippen MR) is 142 cm³/mol. The molecule has 1 aliphatic carbocycles. The van der Waals surface area contributed by atoms with Gasteiger partial charge in [0.25, 0.3) is 5.56 Å². The van der Waals surface area contributed by atoms with Crippen LogP contribution in [0.25, 0.3) is 10.9 Å². The van der Waals surface area contributed by atoms with Crippen LogP contribution in [0.15, 0.2) is 76.1 Å². The summed E-state index contributed by atoms with van der Waals surface area (Å²) in [4.78, 5) is 19.1. The number of nitrogens with zero attached hydrogens (tertiary/aromatic N) is 5. The highest BCUT2D eigenvalue weighted by Crippen LogP contribution is 2.38. The Hall–Kier alpha value is -4.44. The molecule has 0 saturated heterocycles. The Kier molecular flexibility index (Phi) is 6.08. The third-order valence-electron chi connectivity index (χ3n) is 7.63. The van der Waals surface area contributed by atoms with E-state index in [1.54, 1.807) is 6.26 Å². The van der Waals surface area contributed by atoms with E-state index in [4.69, 9.17) is 13.9 Å². The van der Waals surface area contributed by atoms with E-state index in [-0.39, 0.29) is 18.4 Å². The number of H-pyrrole nitrogens is 1. The van der Waals surface area contributed by atoms with Crippen LogP contribution in [-0.2, 0) is 13.1 Å². The molecule has 7 rings (SSSR count). The number of ether oxygens (including phenoxy) is 2. The first kappa shape index (κ1) is 23.7. The molecule has 39 heavy (non-hydrogen) atoms. The fourth-order valence-electron chi connectivity index (χ4n) is 5.76. The van der Waals surface area contributed by atoms with Crippen LogP contribution < -0.4 is 15.0 Å². The topological polar surface area (TPSA) is 111 Å². The Morgan fingerprint density at radius 3 is 2.62 bits per heavy atom. The van der Waals surface area contributed by atoms with Gasteiger partial charge in [0.15, 0.2) is 17.3 Å². The average Bonchev–Trinajstić information content (AvgIpc) is 3.77. The molecule has 1 atom stereocenters. The fraction of sp³-hybridized carbons (Fsp3) is 0.310. The molecular formula is C29H28N6O4. The van der Waals surface area contributed by atoms with Gasteiger partial charge in [-0.3, -0.25) is 9.69 Å². The molecule has 0 unspecified atom stereocenters. The summed E-state index contributed by atoms with van der Waals surface area (Å²) >= 11 is 0. The third kappa shape index (κ3) is 4.57. The van der Waals surface area contributed by atoms with E-state index in [0.717, 1.165) is 42.4 Å². The van der Waals surface area contributed by atoms with Crippen LogP contribution in [0, 0.1) is 0 Å². The molecule has 3 aromatic heterocycles. The number of benzene rings is 2. The first-order valence-corrected chi connectivity index (χ1v) is 13.3. The zero-order valence-electron chi connectivity index (χ0n) is 21.3. The van der Waals surface area contributed by atoms with Crippen molar-refractivity contribution in [3.63, 3.8) is 0 Å². The van der Waals surface area contributed by atoms with Gasteiger partial charge in [-0.05, 0) is 53.1 Å². The summed E-state index contributed by atoms with van der Waals surface area (Å²) in [5.41, 5.74) is 2.14. The van der Waals surface area contributed by atoms with Crippen LogP contribution in [0.3, 0.4) is 0 Å². The largest absolute Gasteiger partial charge is 0.468 e. The van der Waals surface area contributed by atoms with Crippen molar-refractivity contribution in [2.45, 2.75) is 50.9 Å². The summed E-state index contributed by atoms with van der Waals surface area (Å²) in [5, 5.41) is 13.9. The van der Waals surface area contributed by atoms with Crippen molar-refractivity contribution in [1.82, 2.24) is 30.1 Å². The molecule has 198 valence electrons. The molecule has 0 spiro atoms. The van der Waals surface area contributed by atoms with E-state index in [2.05, 4.69) is 37.5 Å². The molecule has 0 radical (unpaired) electrons. The first-order valence-electron chi connectivity index (χ1n) is 13.3. The van der Waals surface area contributed by atoms with Crippen LogP contribution in [0.1, 0.15) is 60.5 Å². The minimum Gasteiger partial charge on any atom is -0.468 e. The Balaban J connectivity index is 1.40. The Bertz CT molecular complexity index is 1640. The van der Waals surface area contributed by atoms with Crippen molar-refractivity contribution >= 4 is 10.9 Å². The van der Waals surface area contributed by atoms with Crippen LogP contribution in [-0.4, -0.2) is 36.9 Å². The lowest BCUT2D eigenvalue weighted by atomic mass is 10.0. The summed E-state index contributed by atoms with van der Waals surface area (Å²) in [6.07, 6.45) is 5.97. The van der Waals surface area contributed by atoms with Crippen molar-refractivity contribution in [3.05, 3.63) is 100.0 Å². The number of hydrogen-bond donors (Lipinski definition) is 1. The summed E-state index contributed by atoms with van der Waals surface area (Å²) in [6, 6.07) is 19.3. The normalized spacial score (nSPS) is 15.9. The quantitative estimate of drug-likeness (QED) is 0.310. The molecule has 5 aromatic rings. The van der Waals surface area contributed by atoms with E-state index in [9.17, 15) is 4.79 Å². The Morgan fingerprint density at radius 2 is 1.82 bits per heavy atom. The smallest absolute Gasteiger partial charge is 0.253 e. The van der Waals surface area contributed by atoms with Gasteiger partial charge in [-0.1, -0.05) is 43.2 Å². The van der Waals surface area contributed by atoms with Gasteiger partial charge in [0, 0.05) is 23.6 Å². The van der Waals surface area contributed by atoms with Gasteiger partial charge in [-0.25, -0.2) is 4.68 Å². The second-order valence-corrected chi connectivity index (χ2v) is 10.1. The zero-order valence-corrected chi connectivity index (χ0v) is 21.3. The molecule has 10 nitrogen and oxygen atoms in total. The summed E-state index contributed by atoms with van der Waals surface area (Å²) in [6.45, 7) is 1.18. The lowest BCUT2D eigenvalue weighted by Crippen LogP contribution is -2.35. The fourth-order valence-corrected chi connectivity index (χ4v) is 5.76. The van der Waals surface area contributed by atoms with Crippen molar-refractivity contribution in [2.24, 2.45) is 0 Å². The molecule has 2 aliphatic rings.